The van der Waals surface area contributed by atoms with Crippen LogP contribution in [-0.2, 0) is 4.79 Å². The van der Waals surface area contributed by atoms with Crippen LogP contribution in [0.3, 0.4) is 0 Å². The average Bonchev–Trinajstić information content (AvgIpc) is 3.30. The number of fused-ring (bicyclic) bond motifs is 3. The number of aromatic amines is 2. The van der Waals surface area contributed by atoms with Gasteiger partial charge >= 0.3 is 5.91 Å². The first kappa shape index (κ1) is 21.7. The van der Waals surface area contributed by atoms with Crippen LogP contribution >= 0.6 is 0 Å². The van der Waals surface area contributed by atoms with Gasteiger partial charge in [-0.25, -0.2) is 15.1 Å². The molecule has 0 radical (unpaired) electrons. The molecule has 8 heteroatoms. The van der Waals surface area contributed by atoms with Crippen molar-refractivity contribution >= 4 is 33.5 Å². The van der Waals surface area contributed by atoms with Crippen LogP contribution in [0.2, 0.25) is 0 Å². The lowest BCUT2D eigenvalue weighted by atomic mass is 10.0. The highest BCUT2D eigenvalue weighted by Gasteiger charge is 2.27. The highest BCUT2D eigenvalue weighted by molar-refractivity contribution is 6.01. The summed E-state index contributed by atoms with van der Waals surface area (Å²) in [4.78, 5) is 35.9. The highest BCUT2D eigenvalue weighted by Crippen LogP contribution is 2.21. The monoisotopic (exact) mass is 441 g/mol. The number of carbonyl (C=O) groups excluding carboxylic acids is 1. The number of hydrogen-bond acceptors (Lipinski definition) is 4. The number of piperidine rings is 1. The number of aromatic nitrogens is 2. The average molecular weight is 442 g/mol. The van der Waals surface area contributed by atoms with Gasteiger partial charge in [0.1, 0.15) is 6.54 Å². The molecule has 5 rings (SSSR count). The Morgan fingerprint density at radius 2 is 1.74 bits per heavy atom. The van der Waals surface area contributed by atoms with Gasteiger partial charge in [-0.05, 0) is 57.0 Å². The van der Waals surface area contributed by atoms with Crippen molar-refractivity contribution in [1.82, 2.24) is 14.8 Å². The third-order valence-corrected chi connectivity index (χ3v) is 6.49. The molecule has 2 aliphatic rings. The predicted octanol–water partition coefficient (Wildman–Crippen LogP) is -1.00. The van der Waals surface area contributed by atoms with E-state index in [-0.39, 0.29) is 23.9 Å². The summed E-state index contributed by atoms with van der Waals surface area (Å²) in [6, 6.07) is 11.8. The van der Waals surface area contributed by atoms with Crippen molar-refractivity contribution in [3.8, 4) is 0 Å². The Bertz CT molecular complexity index is 1130. The summed E-state index contributed by atoms with van der Waals surface area (Å²) in [5.41, 5.74) is 1.43. The van der Waals surface area contributed by atoms with Crippen LogP contribution in [0.25, 0.3) is 21.8 Å². The van der Waals surface area contributed by atoms with Gasteiger partial charge in [-0.2, -0.15) is 0 Å². The fourth-order valence-electron chi connectivity index (χ4n) is 4.91. The number of nitrogens with one attached hydrogen (secondary N) is 3. The molecule has 1 aromatic carbocycles. The lowest BCUT2D eigenvalue weighted by Crippen LogP contribution is -3.00. The van der Waals surface area contributed by atoms with Crippen LogP contribution in [0.15, 0.2) is 41.2 Å². The number of H-pyrrole nitrogens is 2. The van der Waals surface area contributed by atoms with Gasteiger partial charge in [0.25, 0.3) is 11.4 Å². The Balaban J connectivity index is 0.00000231. The topological polar surface area (TPSA) is 82.6 Å². The molecule has 2 fully saturated rings. The van der Waals surface area contributed by atoms with Crippen LogP contribution in [0.5, 0.6) is 0 Å². The van der Waals surface area contributed by atoms with Gasteiger partial charge in [0, 0.05) is 30.6 Å². The molecule has 0 atom stereocenters. The number of benzene rings is 1. The van der Waals surface area contributed by atoms with E-state index in [0.717, 1.165) is 42.4 Å². The minimum Gasteiger partial charge on any atom is -1.00 e. The van der Waals surface area contributed by atoms with Crippen molar-refractivity contribution in [2.24, 2.45) is 0 Å². The molecule has 0 saturated carbocycles. The normalized spacial score (nSPS) is 18.3. The molecular formula is C23H28ClN5O2. The first-order valence-corrected chi connectivity index (χ1v) is 10.9. The van der Waals surface area contributed by atoms with E-state index < -0.39 is 0 Å². The second-order valence-electron chi connectivity index (χ2n) is 8.46. The van der Waals surface area contributed by atoms with Crippen LogP contribution in [0.1, 0.15) is 25.7 Å². The van der Waals surface area contributed by atoms with E-state index in [1.54, 1.807) is 12.1 Å². The van der Waals surface area contributed by atoms with E-state index >= 15 is 0 Å². The number of nitrogens with zero attached hydrogens (tertiary/aromatic N) is 2. The standard InChI is InChI=1S/C23H27N5O2.ClH/c29-21(15-27-13-9-16(10-14-27)28-11-3-4-12-28)25-20-8-7-19-22(26-20)17-5-1-2-6-18(17)23(30)24-19;/h1-2,5-8,16H,3-4,9-15H2,(H,24,30)(H,25,26,29);1H. The van der Waals surface area contributed by atoms with E-state index in [2.05, 4.69) is 25.1 Å². The molecule has 2 aliphatic heterocycles. The molecule has 0 spiro atoms. The minimum absolute atomic E-state index is 0. The molecule has 7 nitrogen and oxygen atoms in total. The van der Waals surface area contributed by atoms with Crippen molar-refractivity contribution in [3.63, 3.8) is 0 Å². The fourth-order valence-corrected chi connectivity index (χ4v) is 4.91. The summed E-state index contributed by atoms with van der Waals surface area (Å²) in [7, 11) is 0. The third-order valence-electron chi connectivity index (χ3n) is 6.49. The van der Waals surface area contributed by atoms with Crippen molar-refractivity contribution < 1.29 is 22.2 Å². The van der Waals surface area contributed by atoms with Crippen molar-refractivity contribution in [1.29, 1.82) is 0 Å². The number of anilines is 1. The summed E-state index contributed by atoms with van der Waals surface area (Å²) in [5.74, 6) is 0.621. The van der Waals surface area contributed by atoms with Crippen LogP contribution in [-0.4, -0.2) is 59.5 Å². The minimum atomic E-state index is -0.111. The molecule has 31 heavy (non-hydrogen) atoms. The van der Waals surface area contributed by atoms with Crippen LogP contribution < -0.4 is 28.3 Å². The maximum absolute atomic E-state index is 12.6. The zero-order valence-electron chi connectivity index (χ0n) is 17.5. The molecule has 0 unspecified atom stereocenters. The molecule has 2 aromatic heterocycles. The summed E-state index contributed by atoms with van der Waals surface area (Å²) in [5, 5.41) is 4.46. The number of amides is 1. The Kier molecular flexibility index (Phi) is 6.55. The second-order valence-corrected chi connectivity index (χ2v) is 8.46. The zero-order chi connectivity index (χ0) is 20.5. The molecule has 2 saturated heterocycles. The molecule has 164 valence electrons. The van der Waals surface area contributed by atoms with Crippen molar-refractivity contribution in [3.05, 3.63) is 46.8 Å². The molecule has 0 aliphatic carbocycles. The maximum Gasteiger partial charge on any atom is 0.321 e. The largest absolute Gasteiger partial charge is 1.00 e. The maximum atomic E-state index is 12.6. The number of halogens is 1. The van der Waals surface area contributed by atoms with Gasteiger partial charge in [-0.1, -0.05) is 12.1 Å². The smallest absolute Gasteiger partial charge is 0.321 e. The SMILES string of the molecule is O=C(CN1CCC(N2CCCC2)CC1)Nc1ccc2[nH]c(=O)c3ccccc3c2[nH+]1.[Cl-]. The van der Waals surface area contributed by atoms with Gasteiger partial charge in [0.2, 0.25) is 0 Å². The zero-order valence-corrected chi connectivity index (χ0v) is 18.3. The fraction of sp³-hybridized carbons (Fsp3) is 0.435. The first-order valence-electron chi connectivity index (χ1n) is 10.9. The second kappa shape index (κ2) is 9.34. The summed E-state index contributed by atoms with van der Waals surface area (Å²) < 4.78 is 0. The summed E-state index contributed by atoms with van der Waals surface area (Å²) in [6.45, 7) is 4.83. The van der Waals surface area contributed by atoms with Gasteiger partial charge < -0.3 is 22.3 Å². The van der Waals surface area contributed by atoms with E-state index in [1.807, 2.05) is 24.3 Å². The molecule has 3 N–H and O–H groups in total. The Morgan fingerprint density at radius 1 is 1.03 bits per heavy atom. The van der Waals surface area contributed by atoms with E-state index in [9.17, 15) is 9.59 Å². The molecule has 1 amide bonds. The van der Waals surface area contributed by atoms with Gasteiger partial charge in [-0.3, -0.25) is 9.69 Å². The number of rotatable bonds is 4. The number of likely N-dealkylation sites (tertiary alicyclic amines) is 2. The third kappa shape index (κ3) is 4.59. The predicted molar refractivity (Wildman–Crippen MR) is 118 cm³/mol. The number of carbonyl (C=O) groups is 1. The van der Waals surface area contributed by atoms with Crippen molar-refractivity contribution in [2.45, 2.75) is 31.7 Å². The van der Waals surface area contributed by atoms with E-state index in [1.165, 1.54) is 25.9 Å². The summed E-state index contributed by atoms with van der Waals surface area (Å²) in [6.07, 6.45) is 4.95. The van der Waals surface area contributed by atoms with Gasteiger partial charge in [-0.15, -0.1) is 0 Å². The first-order chi connectivity index (χ1) is 14.7. The van der Waals surface area contributed by atoms with E-state index in [4.69, 9.17) is 0 Å². The molecular weight excluding hydrogens is 414 g/mol. The highest BCUT2D eigenvalue weighted by atomic mass is 35.5. The molecule has 4 heterocycles. The molecule has 3 aromatic rings. The number of pyridine rings is 2. The number of hydrogen-bond donors (Lipinski definition) is 2. The Morgan fingerprint density at radius 3 is 2.48 bits per heavy atom. The van der Waals surface area contributed by atoms with Crippen LogP contribution in [0, 0.1) is 0 Å². The van der Waals surface area contributed by atoms with Crippen LogP contribution in [0.4, 0.5) is 5.82 Å². The Hall–Kier alpha value is -2.48. The quantitative estimate of drug-likeness (QED) is 0.509. The van der Waals surface area contributed by atoms with E-state index in [0.29, 0.717) is 23.8 Å². The Labute approximate surface area is 187 Å². The molecule has 0 bridgehead atoms. The lowest BCUT2D eigenvalue weighted by Gasteiger charge is -2.35. The van der Waals surface area contributed by atoms with Gasteiger partial charge in [0.05, 0.1) is 10.9 Å². The summed E-state index contributed by atoms with van der Waals surface area (Å²) >= 11 is 0. The lowest BCUT2D eigenvalue weighted by molar-refractivity contribution is -0.325. The van der Waals surface area contributed by atoms with Gasteiger partial charge in [0.15, 0.2) is 5.52 Å². The van der Waals surface area contributed by atoms with Crippen molar-refractivity contribution in [2.75, 3.05) is 38.0 Å².